The van der Waals surface area contributed by atoms with Crippen molar-refractivity contribution in [2.45, 2.75) is 26.7 Å². The van der Waals surface area contributed by atoms with Crippen LogP contribution in [0.2, 0.25) is 0 Å². The number of carbonyl (C=O) groups excluding carboxylic acids is 1. The summed E-state index contributed by atoms with van der Waals surface area (Å²) in [5.41, 5.74) is 1.76. The van der Waals surface area contributed by atoms with Gasteiger partial charge in [-0.3, -0.25) is 4.79 Å². The molecule has 1 rings (SSSR count). The monoisotopic (exact) mass is 193 g/mol. The van der Waals surface area contributed by atoms with Crippen LogP contribution in [0.3, 0.4) is 0 Å². The van der Waals surface area contributed by atoms with Gasteiger partial charge in [-0.1, -0.05) is 32.1 Å². The molecule has 0 saturated carbocycles. The van der Waals surface area contributed by atoms with Crippen molar-refractivity contribution in [3.63, 3.8) is 0 Å². The summed E-state index contributed by atoms with van der Waals surface area (Å²) in [4.78, 5) is 13.6. The van der Waals surface area contributed by atoms with E-state index in [1.807, 2.05) is 11.8 Å². The van der Waals surface area contributed by atoms with Crippen LogP contribution in [0.4, 0.5) is 0 Å². The minimum absolute atomic E-state index is 0.117. The Morgan fingerprint density at radius 2 is 2.29 bits per heavy atom. The summed E-state index contributed by atoms with van der Waals surface area (Å²) < 4.78 is 0. The molecule has 1 fully saturated rings. The molecular formula is C12H19NO. The zero-order chi connectivity index (χ0) is 10.7. The number of likely N-dealkylation sites (tertiary alicyclic amines) is 1. The Morgan fingerprint density at radius 1 is 1.64 bits per heavy atom. The molecule has 0 aromatic carbocycles. The van der Waals surface area contributed by atoms with Crippen LogP contribution in [-0.2, 0) is 4.79 Å². The van der Waals surface area contributed by atoms with Gasteiger partial charge in [0.2, 0.25) is 5.91 Å². The predicted octanol–water partition coefficient (Wildman–Crippen LogP) is 2.38. The Kier molecular flexibility index (Phi) is 3.50. The largest absolute Gasteiger partial charge is 0.338 e. The summed E-state index contributed by atoms with van der Waals surface area (Å²) in [5, 5.41) is 0. The molecular weight excluding hydrogens is 174 g/mol. The van der Waals surface area contributed by atoms with Crippen LogP contribution in [0, 0.1) is 5.92 Å². The minimum Gasteiger partial charge on any atom is -0.338 e. The molecule has 0 aliphatic carbocycles. The number of carbonyl (C=O) groups is 1. The second kappa shape index (κ2) is 4.45. The highest BCUT2D eigenvalue weighted by Crippen LogP contribution is 2.27. The maximum absolute atomic E-state index is 11.7. The molecule has 2 nitrogen and oxygen atoms in total. The third kappa shape index (κ3) is 2.06. The van der Waals surface area contributed by atoms with E-state index in [1.54, 1.807) is 0 Å². The first kappa shape index (κ1) is 11.0. The van der Waals surface area contributed by atoms with E-state index in [-0.39, 0.29) is 11.8 Å². The highest BCUT2D eigenvalue weighted by molar-refractivity contribution is 5.96. The van der Waals surface area contributed by atoms with E-state index in [0.29, 0.717) is 5.57 Å². The number of rotatable bonds is 4. The second-order valence-corrected chi connectivity index (χ2v) is 4.03. The molecule has 0 aromatic rings. The number of nitrogens with zero attached hydrogens (tertiary/aromatic N) is 1. The molecule has 1 unspecified atom stereocenters. The molecule has 1 aliphatic rings. The van der Waals surface area contributed by atoms with Crippen LogP contribution < -0.4 is 0 Å². The fraction of sp³-hybridized carbons (Fsp3) is 0.583. The van der Waals surface area contributed by atoms with E-state index in [4.69, 9.17) is 0 Å². The van der Waals surface area contributed by atoms with E-state index in [0.717, 1.165) is 31.5 Å². The van der Waals surface area contributed by atoms with Crippen LogP contribution in [0.5, 0.6) is 0 Å². The van der Waals surface area contributed by atoms with Gasteiger partial charge in [0.15, 0.2) is 0 Å². The molecule has 2 heteroatoms. The van der Waals surface area contributed by atoms with E-state index < -0.39 is 0 Å². The SMILES string of the molecule is C=C(C)C1CN(CCCC)C(=O)C1=C. The third-order valence-electron chi connectivity index (χ3n) is 2.76. The van der Waals surface area contributed by atoms with Gasteiger partial charge >= 0.3 is 0 Å². The van der Waals surface area contributed by atoms with Crippen LogP contribution in [0.25, 0.3) is 0 Å². The average molecular weight is 193 g/mol. The van der Waals surface area contributed by atoms with Crippen molar-refractivity contribution in [1.29, 1.82) is 0 Å². The molecule has 0 aromatic heterocycles. The molecule has 14 heavy (non-hydrogen) atoms. The number of amides is 1. The van der Waals surface area contributed by atoms with Crippen molar-refractivity contribution in [1.82, 2.24) is 4.90 Å². The minimum atomic E-state index is 0.117. The summed E-state index contributed by atoms with van der Waals surface area (Å²) in [6, 6.07) is 0. The summed E-state index contributed by atoms with van der Waals surface area (Å²) in [6.07, 6.45) is 2.19. The lowest BCUT2D eigenvalue weighted by molar-refractivity contribution is -0.124. The first-order chi connectivity index (χ1) is 6.57. The predicted molar refractivity (Wildman–Crippen MR) is 58.9 cm³/mol. The molecule has 0 bridgehead atoms. The topological polar surface area (TPSA) is 20.3 Å². The van der Waals surface area contributed by atoms with Gasteiger partial charge in [0.1, 0.15) is 0 Å². The van der Waals surface area contributed by atoms with E-state index in [1.165, 1.54) is 0 Å². The van der Waals surface area contributed by atoms with Gasteiger partial charge in [-0.05, 0) is 13.3 Å². The maximum Gasteiger partial charge on any atom is 0.249 e. The average Bonchev–Trinajstić information content (AvgIpc) is 2.42. The lowest BCUT2D eigenvalue weighted by Crippen LogP contribution is -2.26. The zero-order valence-electron chi connectivity index (χ0n) is 9.18. The molecule has 78 valence electrons. The summed E-state index contributed by atoms with van der Waals surface area (Å²) in [5.74, 6) is 0.297. The Labute approximate surface area is 86.3 Å². The van der Waals surface area contributed by atoms with Gasteiger partial charge in [-0.2, -0.15) is 0 Å². The van der Waals surface area contributed by atoms with Gasteiger partial charge in [0.05, 0.1) is 0 Å². The van der Waals surface area contributed by atoms with E-state index in [9.17, 15) is 4.79 Å². The Hall–Kier alpha value is -1.05. The second-order valence-electron chi connectivity index (χ2n) is 4.03. The maximum atomic E-state index is 11.7. The van der Waals surface area contributed by atoms with Crippen LogP contribution in [0.1, 0.15) is 26.7 Å². The molecule has 1 saturated heterocycles. The van der Waals surface area contributed by atoms with Crippen molar-refractivity contribution < 1.29 is 4.79 Å². The van der Waals surface area contributed by atoms with E-state index >= 15 is 0 Å². The summed E-state index contributed by atoms with van der Waals surface area (Å²) >= 11 is 0. The Bertz CT molecular complexity index is 267. The molecule has 1 atom stereocenters. The van der Waals surface area contributed by atoms with Crippen molar-refractivity contribution in [3.05, 3.63) is 24.3 Å². The first-order valence-corrected chi connectivity index (χ1v) is 5.21. The lowest BCUT2D eigenvalue weighted by Gasteiger charge is -2.15. The van der Waals surface area contributed by atoms with Crippen molar-refractivity contribution in [2.75, 3.05) is 13.1 Å². The number of unbranched alkanes of at least 4 members (excludes halogenated alkanes) is 1. The smallest absolute Gasteiger partial charge is 0.249 e. The van der Waals surface area contributed by atoms with Crippen molar-refractivity contribution >= 4 is 5.91 Å². The fourth-order valence-corrected chi connectivity index (χ4v) is 1.76. The van der Waals surface area contributed by atoms with Gasteiger partial charge in [-0.15, -0.1) is 0 Å². The standard InChI is InChI=1S/C12H19NO/c1-5-6-7-13-8-11(9(2)3)10(4)12(13)14/h11H,2,4-8H2,1,3H3. The summed E-state index contributed by atoms with van der Waals surface area (Å²) in [6.45, 7) is 13.5. The quantitative estimate of drug-likeness (QED) is 0.496. The highest BCUT2D eigenvalue weighted by atomic mass is 16.2. The molecule has 1 amide bonds. The van der Waals surface area contributed by atoms with Crippen molar-refractivity contribution in [2.24, 2.45) is 5.92 Å². The first-order valence-electron chi connectivity index (χ1n) is 5.21. The van der Waals surface area contributed by atoms with Crippen LogP contribution in [-0.4, -0.2) is 23.9 Å². The molecule has 1 heterocycles. The third-order valence-corrected chi connectivity index (χ3v) is 2.76. The molecule has 0 spiro atoms. The van der Waals surface area contributed by atoms with Gasteiger partial charge in [0.25, 0.3) is 0 Å². The van der Waals surface area contributed by atoms with Crippen LogP contribution >= 0.6 is 0 Å². The van der Waals surface area contributed by atoms with Gasteiger partial charge in [-0.25, -0.2) is 0 Å². The number of hydrogen-bond donors (Lipinski definition) is 0. The summed E-state index contributed by atoms with van der Waals surface area (Å²) in [7, 11) is 0. The highest BCUT2D eigenvalue weighted by Gasteiger charge is 2.33. The Balaban J connectivity index is 2.62. The Morgan fingerprint density at radius 3 is 2.71 bits per heavy atom. The van der Waals surface area contributed by atoms with E-state index in [2.05, 4.69) is 20.1 Å². The molecule has 0 radical (unpaired) electrons. The normalized spacial score (nSPS) is 21.9. The lowest BCUT2D eigenvalue weighted by atomic mass is 9.97. The van der Waals surface area contributed by atoms with Crippen molar-refractivity contribution in [3.8, 4) is 0 Å². The zero-order valence-corrected chi connectivity index (χ0v) is 9.18. The van der Waals surface area contributed by atoms with Gasteiger partial charge < -0.3 is 4.90 Å². The van der Waals surface area contributed by atoms with Gasteiger partial charge in [0, 0.05) is 24.6 Å². The van der Waals surface area contributed by atoms with Crippen LogP contribution in [0.15, 0.2) is 24.3 Å². The molecule has 1 aliphatic heterocycles. The fourth-order valence-electron chi connectivity index (χ4n) is 1.76. The number of hydrogen-bond acceptors (Lipinski definition) is 1. The molecule has 0 N–H and O–H groups in total.